The fraction of sp³-hybridized carbons (Fsp3) is 0.500. The zero-order valence-electron chi connectivity index (χ0n) is 10.7. The first-order valence-electron chi connectivity index (χ1n) is 6.37. The summed E-state index contributed by atoms with van der Waals surface area (Å²) in [4.78, 5) is 12.1. The van der Waals surface area contributed by atoms with Crippen LogP contribution in [0.15, 0.2) is 24.3 Å². The highest BCUT2D eigenvalue weighted by Crippen LogP contribution is 2.18. The van der Waals surface area contributed by atoms with Crippen LogP contribution in [0.4, 0.5) is 0 Å². The molecule has 0 aromatic heterocycles. The van der Waals surface area contributed by atoms with Crippen molar-refractivity contribution in [3.8, 4) is 0 Å². The van der Waals surface area contributed by atoms with Crippen LogP contribution in [0, 0.1) is 5.92 Å². The fourth-order valence-electron chi connectivity index (χ4n) is 2.32. The van der Waals surface area contributed by atoms with E-state index in [0.29, 0.717) is 10.9 Å². The average Bonchev–Trinajstić information content (AvgIpc) is 2.76. The van der Waals surface area contributed by atoms with E-state index in [1.54, 1.807) is 0 Å². The van der Waals surface area contributed by atoms with E-state index in [9.17, 15) is 4.79 Å². The molecule has 98 valence electrons. The van der Waals surface area contributed by atoms with E-state index in [0.717, 1.165) is 18.5 Å². The first-order valence-corrected chi connectivity index (χ1v) is 6.75. The van der Waals surface area contributed by atoms with Crippen molar-refractivity contribution < 1.29 is 4.79 Å². The van der Waals surface area contributed by atoms with Gasteiger partial charge in [0.05, 0.1) is 12.1 Å². The Labute approximate surface area is 113 Å². The van der Waals surface area contributed by atoms with Crippen molar-refractivity contribution >= 4 is 17.5 Å². The van der Waals surface area contributed by atoms with Crippen molar-refractivity contribution in [1.82, 2.24) is 10.6 Å². The number of halogens is 1. The van der Waals surface area contributed by atoms with Crippen LogP contribution in [0.1, 0.15) is 31.9 Å². The summed E-state index contributed by atoms with van der Waals surface area (Å²) in [5.41, 5.74) is 1.07. The first kappa shape index (κ1) is 13.4. The molecule has 18 heavy (non-hydrogen) atoms. The molecule has 3 nitrogen and oxygen atoms in total. The molecule has 0 saturated carbocycles. The molecule has 2 rings (SSSR count). The predicted octanol–water partition coefficient (Wildman–Crippen LogP) is 2.52. The summed E-state index contributed by atoms with van der Waals surface area (Å²) >= 11 is 5.85. The maximum absolute atomic E-state index is 12.1. The van der Waals surface area contributed by atoms with E-state index in [-0.39, 0.29) is 18.0 Å². The third-order valence-electron chi connectivity index (χ3n) is 3.54. The van der Waals surface area contributed by atoms with Gasteiger partial charge >= 0.3 is 0 Å². The van der Waals surface area contributed by atoms with Crippen LogP contribution in [-0.2, 0) is 4.79 Å². The standard InChI is InChI=1S/C14H19ClN2O/c1-9-7-8-16-13(9)14(18)17-10(2)11-3-5-12(15)6-4-11/h3-6,9-10,13,16H,7-8H2,1-2H3,(H,17,18)/t9?,10-,13?/m1/s1. The van der Waals surface area contributed by atoms with Crippen molar-refractivity contribution in [1.29, 1.82) is 0 Å². The van der Waals surface area contributed by atoms with Crippen LogP contribution in [0.2, 0.25) is 5.02 Å². The minimum absolute atomic E-state index is 0.00404. The zero-order valence-corrected chi connectivity index (χ0v) is 11.5. The summed E-state index contributed by atoms with van der Waals surface area (Å²) in [5.74, 6) is 0.491. The number of carbonyl (C=O) groups excluding carboxylic acids is 1. The third kappa shape index (κ3) is 3.03. The molecule has 3 atom stereocenters. The quantitative estimate of drug-likeness (QED) is 0.883. The number of amides is 1. The summed E-state index contributed by atoms with van der Waals surface area (Å²) in [7, 11) is 0. The Kier molecular flexibility index (Phi) is 4.25. The van der Waals surface area contributed by atoms with Crippen molar-refractivity contribution in [2.75, 3.05) is 6.54 Å². The number of hydrogen-bond donors (Lipinski definition) is 2. The number of hydrogen-bond acceptors (Lipinski definition) is 2. The third-order valence-corrected chi connectivity index (χ3v) is 3.80. The second-order valence-electron chi connectivity index (χ2n) is 4.98. The number of carbonyl (C=O) groups is 1. The molecule has 1 saturated heterocycles. The molecule has 0 bridgehead atoms. The van der Waals surface area contributed by atoms with Gasteiger partial charge in [-0.05, 0) is 43.5 Å². The summed E-state index contributed by atoms with van der Waals surface area (Å²) in [6.07, 6.45) is 1.06. The molecule has 0 radical (unpaired) electrons. The summed E-state index contributed by atoms with van der Waals surface area (Å²) in [6, 6.07) is 7.52. The second-order valence-corrected chi connectivity index (χ2v) is 5.42. The minimum atomic E-state index is -0.0558. The molecule has 1 amide bonds. The highest BCUT2D eigenvalue weighted by Gasteiger charge is 2.29. The summed E-state index contributed by atoms with van der Waals surface area (Å²) < 4.78 is 0. The molecule has 1 fully saturated rings. The van der Waals surface area contributed by atoms with Crippen molar-refractivity contribution in [2.45, 2.75) is 32.4 Å². The maximum Gasteiger partial charge on any atom is 0.237 e. The van der Waals surface area contributed by atoms with Crippen LogP contribution in [0.3, 0.4) is 0 Å². The second kappa shape index (κ2) is 5.72. The van der Waals surface area contributed by atoms with Crippen molar-refractivity contribution in [3.63, 3.8) is 0 Å². The average molecular weight is 267 g/mol. The van der Waals surface area contributed by atoms with E-state index in [4.69, 9.17) is 11.6 Å². The van der Waals surface area contributed by atoms with Gasteiger partial charge in [-0.1, -0.05) is 30.7 Å². The van der Waals surface area contributed by atoms with Crippen LogP contribution in [-0.4, -0.2) is 18.5 Å². The van der Waals surface area contributed by atoms with E-state index >= 15 is 0 Å². The Morgan fingerprint density at radius 1 is 1.44 bits per heavy atom. The number of benzene rings is 1. The lowest BCUT2D eigenvalue weighted by atomic mass is 10.0. The minimum Gasteiger partial charge on any atom is -0.348 e. The lowest BCUT2D eigenvalue weighted by Crippen LogP contribution is -2.44. The smallest absolute Gasteiger partial charge is 0.237 e. The molecule has 0 aliphatic carbocycles. The van der Waals surface area contributed by atoms with Gasteiger partial charge in [-0.25, -0.2) is 0 Å². The van der Waals surface area contributed by atoms with Gasteiger partial charge in [-0.3, -0.25) is 4.79 Å². The normalized spacial score (nSPS) is 24.8. The van der Waals surface area contributed by atoms with Gasteiger partial charge in [-0.2, -0.15) is 0 Å². The molecule has 2 N–H and O–H groups in total. The Morgan fingerprint density at radius 2 is 2.11 bits per heavy atom. The highest BCUT2D eigenvalue weighted by molar-refractivity contribution is 6.30. The van der Waals surface area contributed by atoms with E-state index < -0.39 is 0 Å². The number of nitrogens with one attached hydrogen (secondary N) is 2. The topological polar surface area (TPSA) is 41.1 Å². The van der Waals surface area contributed by atoms with Gasteiger partial charge in [0.2, 0.25) is 5.91 Å². The molecule has 0 spiro atoms. The Bertz CT molecular complexity index is 418. The Balaban J connectivity index is 1.96. The van der Waals surface area contributed by atoms with Gasteiger partial charge in [0.25, 0.3) is 0 Å². The molecule has 4 heteroatoms. The Morgan fingerprint density at radius 3 is 2.67 bits per heavy atom. The van der Waals surface area contributed by atoms with Gasteiger partial charge in [-0.15, -0.1) is 0 Å². The Hall–Kier alpha value is -1.06. The molecule has 1 aliphatic heterocycles. The monoisotopic (exact) mass is 266 g/mol. The van der Waals surface area contributed by atoms with Crippen LogP contribution < -0.4 is 10.6 Å². The van der Waals surface area contributed by atoms with Crippen molar-refractivity contribution in [3.05, 3.63) is 34.9 Å². The largest absolute Gasteiger partial charge is 0.348 e. The maximum atomic E-state index is 12.1. The highest BCUT2D eigenvalue weighted by atomic mass is 35.5. The molecular formula is C14H19ClN2O. The van der Waals surface area contributed by atoms with Gasteiger partial charge in [0, 0.05) is 5.02 Å². The lowest BCUT2D eigenvalue weighted by Gasteiger charge is -2.20. The van der Waals surface area contributed by atoms with E-state index in [1.165, 1.54) is 0 Å². The fourth-order valence-corrected chi connectivity index (χ4v) is 2.45. The lowest BCUT2D eigenvalue weighted by molar-refractivity contribution is -0.124. The van der Waals surface area contributed by atoms with Gasteiger partial charge < -0.3 is 10.6 Å². The van der Waals surface area contributed by atoms with Crippen LogP contribution >= 0.6 is 11.6 Å². The SMILES string of the molecule is CC1CCNC1C(=O)N[C@H](C)c1ccc(Cl)cc1. The van der Waals surface area contributed by atoms with E-state index in [2.05, 4.69) is 17.6 Å². The van der Waals surface area contributed by atoms with E-state index in [1.807, 2.05) is 31.2 Å². The molecule has 2 unspecified atom stereocenters. The molecule has 1 aromatic rings. The van der Waals surface area contributed by atoms with Gasteiger partial charge in [0.15, 0.2) is 0 Å². The van der Waals surface area contributed by atoms with Gasteiger partial charge in [0.1, 0.15) is 0 Å². The number of rotatable bonds is 3. The van der Waals surface area contributed by atoms with Crippen molar-refractivity contribution in [2.24, 2.45) is 5.92 Å². The van der Waals surface area contributed by atoms with Crippen LogP contribution in [0.25, 0.3) is 0 Å². The first-order chi connectivity index (χ1) is 8.58. The van der Waals surface area contributed by atoms with Crippen LogP contribution in [0.5, 0.6) is 0 Å². The summed E-state index contributed by atoms with van der Waals surface area (Å²) in [6.45, 7) is 5.02. The summed E-state index contributed by atoms with van der Waals surface area (Å²) in [5, 5.41) is 6.99. The predicted molar refractivity (Wildman–Crippen MR) is 73.6 cm³/mol. The molecular weight excluding hydrogens is 248 g/mol. The molecule has 1 aliphatic rings. The molecule has 1 heterocycles. The zero-order chi connectivity index (χ0) is 13.1. The molecule has 1 aromatic carbocycles.